The van der Waals surface area contributed by atoms with Gasteiger partial charge in [-0.1, -0.05) is 18.9 Å². The van der Waals surface area contributed by atoms with Crippen LogP contribution in [0.3, 0.4) is 0 Å². The zero-order valence-electron chi connectivity index (χ0n) is 10.9. The van der Waals surface area contributed by atoms with E-state index < -0.39 is 0 Å². The molecule has 2 aliphatic rings. The third kappa shape index (κ3) is 2.78. The predicted molar refractivity (Wildman–Crippen MR) is 74.4 cm³/mol. The van der Waals surface area contributed by atoms with E-state index in [2.05, 4.69) is 28.8 Å². The molecule has 1 saturated carbocycles. The summed E-state index contributed by atoms with van der Waals surface area (Å²) >= 11 is 0. The standard InChI is InChI=1S/C15H22N2O/c1-2-4-13(3-1)16-8-7-12-5-6-15-14(11-12)17-9-10-18-15/h5-6,11,13,16-17H,1-4,7-10H2. The summed E-state index contributed by atoms with van der Waals surface area (Å²) in [7, 11) is 0. The average molecular weight is 246 g/mol. The van der Waals surface area contributed by atoms with E-state index in [0.717, 1.165) is 43.6 Å². The number of fused-ring (bicyclic) bond motifs is 1. The van der Waals surface area contributed by atoms with Crippen molar-refractivity contribution in [3.63, 3.8) is 0 Å². The molecule has 0 saturated heterocycles. The largest absolute Gasteiger partial charge is 0.490 e. The minimum atomic E-state index is 0.768. The fraction of sp³-hybridized carbons (Fsp3) is 0.600. The summed E-state index contributed by atoms with van der Waals surface area (Å²) in [6, 6.07) is 7.27. The maximum absolute atomic E-state index is 5.59. The number of nitrogens with one attached hydrogen (secondary N) is 2. The van der Waals surface area contributed by atoms with E-state index in [4.69, 9.17) is 4.74 Å². The molecular weight excluding hydrogens is 224 g/mol. The lowest BCUT2D eigenvalue weighted by Gasteiger charge is -2.20. The van der Waals surface area contributed by atoms with Gasteiger partial charge >= 0.3 is 0 Å². The van der Waals surface area contributed by atoms with Crippen molar-refractivity contribution in [3.8, 4) is 5.75 Å². The lowest BCUT2D eigenvalue weighted by atomic mass is 10.1. The smallest absolute Gasteiger partial charge is 0.142 e. The molecule has 18 heavy (non-hydrogen) atoms. The molecule has 1 aromatic carbocycles. The molecule has 1 aliphatic heterocycles. The van der Waals surface area contributed by atoms with Gasteiger partial charge in [-0.25, -0.2) is 0 Å². The molecular formula is C15H22N2O. The first-order valence-corrected chi connectivity index (χ1v) is 7.15. The Morgan fingerprint density at radius 1 is 1.28 bits per heavy atom. The van der Waals surface area contributed by atoms with Crippen LogP contribution in [0.4, 0.5) is 5.69 Å². The Kier molecular flexibility index (Phi) is 3.69. The lowest BCUT2D eigenvalue weighted by molar-refractivity contribution is 0.323. The first kappa shape index (κ1) is 11.8. The molecule has 98 valence electrons. The van der Waals surface area contributed by atoms with Crippen LogP contribution >= 0.6 is 0 Å². The SMILES string of the molecule is c1cc2c(cc1CCNC1CCCC1)NCCO2. The number of anilines is 1. The summed E-state index contributed by atoms with van der Waals surface area (Å²) in [5, 5.41) is 7.05. The lowest BCUT2D eigenvalue weighted by Crippen LogP contribution is -2.28. The fourth-order valence-corrected chi connectivity index (χ4v) is 2.89. The normalized spacial score (nSPS) is 19.1. The Morgan fingerprint density at radius 2 is 2.17 bits per heavy atom. The van der Waals surface area contributed by atoms with Gasteiger partial charge in [-0.3, -0.25) is 0 Å². The summed E-state index contributed by atoms with van der Waals surface area (Å²) in [5.41, 5.74) is 2.54. The monoisotopic (exact) mass is 246 g/mol. The van der Waals surface area contributed by atoms with E-state index in [1.807, 2.05) is 0 Å². The van der Waals surface area contributed by atoms with Crippen molar-refractivity contribution in [2.75, 3.05) is 25.0 Å². The molecule has 0 amide bonds. The van der Waals surface area contributed by atoms with E-state index in [1.54, 1.807) is 0 Å². The molecule has 1 aliphatic carbocycles. The molecule has 2 N–H and O–H groups in total. The third-order valence-corrected chi connectivity index (χ3v) is 3.92. The molecule has 1 aromatic rings. The van der Waals surface area contributed by atoms with Crippen LogP contribution in [0.25, 0.3) is 0 Å². The van der Waals surface area contributed by atoms with Gasteiger partial charge in [-0.2, -0.15) is 0 Å². The van der Waals surface area contributed by atoms with Crippen LogP contribution in [-0.4, -0.2) is 25.7 Å². The van der Waals surface area contributed by atoms with Crippen molar-refractivity contribution in [1.29, 1.82) is 0 Å². The molecule has 0 aromatic heterocycles. The van der Waals surface area contributed by atoms with E-state index in [-0.39, 0.29) is 0 Å². The summed E-state index contributed by atoms with van der Waals surface area (Å²) in [5.74, 6) is 0.994. The molecule has 3 nitrogen and oxygen atoms in total. The van der Waals surface area contributed by atoms with Crippen molar-refractivity contribution >= 4 is 5.69 Å². The Hall–Kier alpha value is -1.22. The number of hydrogen-bond acceptors (Lipinski definition) is 3. The Morgan fingerprint density at radius 3 is 3.06 bits per heavy atom. The van der Waals surface area contributed by atoms with E-state index in [1.165, 1.54) is 31.2 Å². The molecule has 0 radical (unpaired) electrons. The zero-order chi connectivity index (χ0) is 12.2. The summed E-state index contributed by atoms with van der Waals surface area (Å²) < 4.78 is 5.59. The quantitative estimate of drug-likeness (QED) is 0.856. The van der Waals surface area contributed by atoms with Gasteiger partial charge in [0.1, 0.15) is 12.4 Å². The maximum Gasteiger partial charge on any atom is 0.142 e. The predicted octanol–water partition coefficient (Wildman–Crippen LogP) is 2.57. The van der Waals surface area contributed by atoms with E-state index in [9.17, 15) is 0 Å². The molecule has 0 atom stereocenters. The highest BCUT2D eigenvalue weighted by Gasteiger charge is 2.14. The van der Waals surface area contributed by atoms with Crippen molar-refractivity contribution in [2.45, 2.75) is 38.1 Å². The van der Waals surface area contributed by atoms with Crippen LogP contribution in [0.5, 0.6) is 5.75 Å². The van der Waals surface area contributed by atoms with Crippen LogP contribution in [0.1, 0.15) is 31.2 Å². The molecule has 3 heteroatoms. The summed E-state index contributed by atoms with van der Waals surface area (Å²) in [6.45, 7) is 2.77. The first-order chi connectivity index (χ1) is 8.92. The van der Waals surface area contributed by atoms with Gasteiger partial charge in [0.05, 0.1) is 5.69 Å². The Labute approximate surface area is 109 Å². The van der Waals surface area contributed by atoms with Crippen LogP contribution in [0, 0.1) is 0 Å². The Balaban J connectivity index is 1.52. The van der Waals surface area contributed by atoms with Crippen molar-refractivity contribution in [2.24, 2.45) is 0 Å². The second-order valence-corrected chi connectivity index (χ2v) is 5.29. The van der Waals surface area contributed by atoms with E-state index in [0.29, 0.717) is 0 Å². The van der Waals surface area contributed by atoms with Gasteiger partial charge in [0.25, 0.3) is 0 Å². The van der Waals surface area contributed by atoms with E-state index >= 15 is 0 Å². The molecule has 0 spiro atoms. The summed E-state index contributed by atoms with van der Waals surface area (Å²) in [4.78, 5) is 0. The first-order valence-electron chi connectivity index (χ1n) is 7.15. The van der Waals surface area contributed by atoms with Crippen molar-refractivity contribution in [1.82, 2.24) is 5.32 Å². The minimum Gasteiger partial charge on any atom is -0.490 e. The van der Waals surface area contributed by atoms with Gasteiger partial charge in [-0.15, -0.1) is 0 Å². The molecule has 0 bridgehead atoms. The van der Waals surface area contributed by atoms with Crippen LogP contribution in [0.15, 0.2) is 18.2 Å². The van der Waals surface area contributed by atoms with Gasteiger partial charge < -0.3 is 15.4 Å². The Bertz CT molecular complexity index is 399. The fourth-order valence-electron chi connectivity index (χ4n) is 2.89. The molecule has 1 heterocycles. The van der Waals surface area contributed by atoms with Crippen molar-refractivity contribution < 1.29 is 4.74 Å². The average Bonchev–Trinajstić information content (AvgIpc) is 2.92. The highest BCUT2D eigenvalue weighted by molar-refractivity contribution is 5.59. The van der Waals surface area contributed by atoms with Gasteiger partial charge in [0.15, 0.2) is 0 Å². The number of hydrogen-bond donors (Lipinski definition) is 2. The van der Waals surface area contributed by atoms with Gasteiger partial charge in [-0.05, 0) is 43.5 Å². The number of ether oxygens (including phenoxy) is 1. The minimum absolute atomic E-state index is 0.768. The maximum atomic E-state index is 5.59. The van der Waals surface area contributed by atoms with Crippen LogP contribution < -0.4 is 15.4 Å². The number of rotatable bonds is 4. The second-order valence-electron chi connectivity index (χ2n) is 5.29. The topological polar surface area (TPSA) is 33.3 Å². The zero-order valence-corrected chi connectivity index (χ0v) is 10.9. The van der Waals surface area contributed by atoms with Gasteiger partial charge in [0, 0.05) is 12.6 Å². The molecule has 1 fully saturated rings. The highest BCUT2D eigenvalue weighted by Crippen LogP contribution is 2.28. The third-order valence-electron chi connectivity index (χ3n) is 3.92. The molecule has 3 rings (SSSR count). The van der Waals surface area contributed by atoms with Crippen LogP contribution in [-0.2, 0) is 6.42 Å². The number of benzene rings is 1. The van der Waals surface area contributed by atoms with Crippen LogP contribution in [0.2, 0.25) is 0 Å². The van der Waals surface area contributed by atoms with Crippen molar-refractivity contribution in [3.05, 3.63) is 23.8 Å². The van der Waals surface area contributed by atoms with Gasteiger partial charge in [0.2, 0.25) is 0 Å². The second kappa shape index (κ2) is 5.61. The summed E-state index contributed by atoms with van der Waals surface area (Å²) in [6.07, 6.45) is 6.63. The molecule has 0 unspecified atom stereocenters. The highest BCUT2D eigenvalue weighted by atomic mass is 16.5.